The molecule has 0 aliphatic rings. The molecular weight excluding hydrogens is 199 g/mol. The van der Waals surface area contributed by atoms with Gasteiger partial charge in [-0.1, -0.05) is 6.42 Å². The first-order chi connectivity index (χ1) is 6.04. The first-order valence-corrected chi connectivity index (χ1v) is 4.00. The third-order valence-electron chi connectivity index (χ3n) is 1.52. The number of aliphatic carboxylic acids is 2. The normalized spacial score (nSPS) is 8.86. The van der Waals surface area contributed by atoms with Gasteiger partial charge in [0.1, 0.15) is 5.97 Å². The maximum absolute atomic E-state index is 10.5. The summed E-state index contributed by atoms with van der Waals surface area (Å²) in [5.74, 6) is -3.47. The molecule has 1 N–H and O–H groups in total. The summed E-state index contributed by atoms with van der Waals surface area (Å²) >= 11 is 0. The third kappa shape index (κ3) is 9.70. The van der Waals surface area contributed by atoms with Gasteiger partial charge >= 0.3 is 35.5 Å². The molecule has 0 radical (unpaired) electrons. The maximum atomic E-state index is 10.5. The maximum Gasteiger partial charge on any atom is 1.00 e. The van der Waals surface area contributed by atoms with E-state index in [1.807, 2.05) is 0 Å². The van der Waals surface area contributed by atoms with Crippen LogP contribution in [0.5, 0.6) is 0 Å². The Morgan fingerprint density at radius 1 is 1.00 bits per heavy atom. The second-order valence-electron chi connectivity index (χ2n) is 2.67. The van der Waals surface area contributed by atoms with Gasteiger partial charge in [-0.3, -0.25) is 9.59 Å². The van der Waals surface area contributed by atoms with Crippen molar-refractivity contribution in [3.05, 3.63) is 0 Å². The van der Waals surface area contributed by atoms with E-state index in [9.17, 15) is 19.5 Å². The predicted molar refractivity (Wildman–Crippen MR) is 40.7 cm³/mol. The van der Waals surface area contributed by atoms with E-state index in [-0.39, 0.29) is 42.4 Å². The summed E-state index contributed by atoms with van der Waals surface area (Å²) in [6.07, 6.45) is 1.41. The summed E-state index contributed by atoms with van der Waals surface area (Å²) in [5, 5.41) is 18.2. The van der Waals surface area contributed by atoms with Crippen LogP contribution in [-0.2, 0) is 14.4 Å². The Balaban J connectivity index is 0. The fourth-order valence-corrected chi connectivity index (χ4v) is 0.841. The van der Waals surface area contributed by atoms with Crippen LogP contribution >= 0.6 is 0 Å². The zero-order valence-corrected chi connectivity index (χ0v) is 10.1. The molecule has 0 fully saturated rings. The van der Waals surface area contributed by atoms with Crippen molar-refractivity contribution in [2.45, 2.75) is 32.1 Å². The molecule has 0 aromatic rings. The zero-order valence-electron chi connectivity index (χ0n) is 8.12. The van der Waals surface area contributed by atoms with E-state index in [0.29, 0.717) is 19.3 Å². The summed E-state index contributed by atoms with van der Waals surface area (Å²) in [6.45, 7) is 0. The van der Waals surface area contributed by atoms with Gasteiger partial charge in [-0.25, -0.2) is 0 Å². The molecule has 0 heterocycles. The van der Waals surface area contributed by atoms with E-state index < -0.39 is 17.7 Å². The summed E-state index contributed by atoms with van der Waals surface area (Å²) in [4.78, 5) is 30.4. The Morgan fingerprint density at radius 2 is 1.50 bits per heavy atom. The number of hydrogen-bond donors (Lipinski definition) is 1. The van der Waals surface area contributed by atoms with Crippen molar-refractivity contribution in [1.82, 2.24) is 0 Å². The number of unbranched alkanes of at least 4 members (excludes halogenated alkanes) is 2. The predicted octanol–water partition coefficient (Wildman–Crippen LogP) is -3.66. The van der Waals surface area contributed by atoms with E-state index in [1.54, 1.807) is 0 Å². The Kier molecular flexibility index (Phi) is 10.5. The van der Waals surface area contributed by atoms with E-state index in [2.05, 4.69) is 0 Å². The molecule has 5 nitrogen and oxygen atoms in total. The van der Waals surface area contributed by atoms with Gasteiger partial charge in [0.25, 0.3) is 0 Å². The van der Waals surface area contributed by atoms with Gasteiger partial charge in [-0.15, -0.1) is 0 Å². The van der Waals surface area contributed by atoms with Crippen LogP contribution in [0.1, 0.15) is 32.1 Å². The Hall–Kier alpha value is -0.390. The van der Waals surface area contributed by atoms with Crippen LogP contribution in [-0.4, -0.2) is 22.8 Å². The minimum Gasteiger partial charge on any atom is -0.542 e. The monoisotopic (exact) mass is 210 g/mol. The SMILES string of the molecule is O=C(O)CCCCCC(=O)C(=O)[O-].[Na+]. The molecule has 0 saturated carbocycles. The van der Waals surface area contributed by atoms with Crippen molar-refractivity contribution in [1.29, 1.82) is 0 Å². The van der Waals surface area contributed by atoms with E-state index in [0.717, 1.165) is 0 Å². The number of ketones is 1. The van der Waals surface area contributed by atoms with Crippen LogP contribution in [0.15, 0.2) is 0 Å². The third-order valence-corrected chi connectivity index (χ3v) is 1.52. The molecule has 6 heteroatoms. The fourth-order valence-electron chi connectivity index (χ4n) is 0.841. The van der Waals surface area contributed by atoms with Gasteiger partial charge in [0, 0.05) is 12.8 Å². The summed E-state index contributed by atoms with van der Waals surface area (Å²) in [6, 6.07) is 0. The Bertz CT molecular complexity index is 214. The van der Waals surface area contributed by atoms with Crippen molar-refractivity contribution >= 4 is 17.7 Å². The molecule has 14 heavy (non-hydrogen) atoms. The zero-order chi connectivity index (χ0) is 10.3. The quantitative estimate of drug-likeness (QED) is 0.265. The van der Waals surface area contributed by atoms with Crippen LogP contribution in [0, 0.1) is 0 Å². The molecular formula is C8H11NaO5. The molecule has 0 aromatic heterocycles. The molecule has 0 spiro atoms. The van der Waals surface area contributed by atoms with Crippen LogP contribution in [0.4, 0.5) is 0 Å². The standard InChI is InChI=1S/C8H12O5.Na/c9-6(8(12)13)4-2-1-3-5-7(10)11;/h1-5H2,(H,10,11)(H,12,13);/q;+1/p-1. The molecule has 0 amide bonds. The Morgan fingerprint density at radius 3 is 1.93 bits per heavy atom. The number of carboxylic acids is 2. The topological polar surface area (TPSA) is 94.5 Å². The molecule has 0 atom stereocenters. The average Bonchev–Trinajstić information content (AvgIpc) is 2.02. The van der Waals surface area contributed by atoms with Crippen molar-refractivity contribution in [3.63, 3.8) is 0 Å². The van der Waals surface area contributed by atoms with E-state index in [1.165, 1.54) is 0 Å². The van der Waals surface area contributed by atoms with Gasteiger partial charge in [0.15, 0.2) is 5.78 Å². The Labute approximate surface area is 104 Å². The molecule has 0 bridgehead atoms. The molecule has 74 valence electrons. The smallest absolute Gasteiger partial charge is 0.542 e. The molecule has 0 aliphatic heterocycles. The van der Waals surface area contributed by atoms with Crippen molar-refractivity contribution in [3.8, 4) is 0 Å². The molecule has 0 aromatic carbocycles. The number of carbonyl (C=O) groups is 3. The minimum atomic E-state index is -1.67. The van der Waals surface area contributed by atoms with Crippen molar-refractivity contribution < 1.29 is 54.2 Å². The number of Topliss-reactive ketones (excluding diaryl/α,β-unsaturated/α-hetero) is 1. The number of carboxylic acid groups (broad SMARTS) is 2. The van der Waals surface area contributed by atoms with Crippen LogP contribution < -0.4 is 34.7 Å². The van der Waals surface area contributed by atoms with Crippen molar-refractivity contribution in [2.75, 3.05) is 0 Å². The van der Waals surface area contributed by atoms with E-state index in [4.69, 9.17) is 5.11 Å². The molecule has 0 unspecified atom stereocenters. The summed E-state index contributed by atoms with van der Waals surface area (Å²) in [5.41, 5.74) is 0. The van der Waals surface area contributed by atoms with Crippen LogP contribution in [0.3, 0.4) is 0 Å². The number of carbonyl (C=O) groups excluding carboxylic acids is 2. The van der Waals surface area contributed by atoms with Gasteiger partial charge in [0.2, 0.25) is 0 Å². The number of rotatable bonds is 7. The second-order valence-corrected chi connectivity index (χ2v) is 2.67. The summed E-state index contributed by atoms with van der Waals surface area (Å²) in [7, 11) is 0. The van der Waals surface area contributed by atoms with Gasteiger partial charge in [-0.2, -0.15) is 0 Å². The fraction of sp³-hybridized carbons (Fsp3) is 0.625. The molecule has 0 saturated heterocycles. The molecule has 0 rings (SSSR count). The minimum absolute atomic E-state index is 0. The van der Waals surface area contributed by atoms with Crippen LogP contribution in [0.2, 0.25) is 0 Å². The molecule has 0 aliphatic carbocycles. The van der Waals surface area contributed by atoms with Crippen molar-refractivity contribution in [2.24, 2.45) is 0 Å². The summed E-state index contributed by atoms with van der Waals surface area (Å²) < 4.78 is 0. The average molecular weight is 210 g/mol. The first-order valence-electron chi connectivity index (χ1n) is 4.00. The van der Waals surface area contributed by atoms with E-state index >= 15 is 0 Å². The van der Waals surface area contributed by atoms with Gasteiger partial charge in [-0.05, 0) is 12.8 Å². The van der Waals surface area contributed by atoms with Gasteiger partial charge < -0.3 is 15.0 Å². The first kappa shape index (κ1) is 16.1. The van der Waals surface area contributed by atoms with Gasteiger partial charge in [0.05, 0.1) is 0 Å². The van der Waals surface area contributed by atoms with Crippen LogP contribution in [0.25, 0.3) is 0 Å². The largest absolute Gasteiger partial charge is 1.00 e. The second kappa shape index (κ2) is 9.18. The number of hydrogen-bond acceptors (Lipinski definition) is 4.